The topological polar surface area (TPSA) is 127 Å². The van der Waals surface area contributed by atoms with Crippen molar-refractivity contribution in [1.82, 2.24) is 14.1 Å². The Bertz CT molecular complexity index is 1200. The molecule has 1 aromatic carbocycles. The fraction of sp³-hybridized carbons (Fsp3) is 0.348. The average Bonchev–Trinajstić information content (AvgIpc) is 3.06. The molecule has 3 heterocycles. The van der Waals surface area contributed by atoms with Crippen molar-refractivity contribution in [3.05, 3.63) is 87.0 Å². The van der Waals surface area contributed by atoms with Gasteiger partial charge < -0.3 is 20.1 Å². The highest BCUT2D eigenvalue weighted by atomic mass is 16.6. The molecule has 1 aliphatic rings. The third-order valence-electron chi connectivity index (χ3n) is 5.64. The number of aliphatic hydroxyl groups excluding tert-OH is 3. The monoisotopic (exact) mass is 439 g/mol. The summed E-state index contributed by atoms with van der Waals surface area (Å²) in [6, 6.07) is 12.9. The molecule has 0 bridgehead atoms. The fourth-order valence-electron chi connectivity index (χ4n) is 3.85. The lowest BCUT2D eigenvalue weighted by atomic mass is 10.0. The lowest BCUT2D eigenvalue weighted by Gasteiger charge is -2.18. The molecule has 32 heavy (non-hydrogen) atoms. The molecule has 4 rings (SSSR count). The van der Waals surface area contributed by atoms with Crippen LogP contribution in [0.4, 0.5) is 0 Å². The zero-order valence-electron chi connectivity index (χ0n) is 17.5. The van der Waals surface area contributed by atoms with Crippen LogP contribution in [0.5, 0.6) is 0 Å². The van der Waals surface area contributed by atoms with Crippen molar-refractivity contribution < 1.29 is 20.1 Å². The summed E-state index contributed by atoms with van der Waals surface area (Å²) in [6.45, 7) is 1.70. The van der Waals surface area contributed by atoms with Crippen LogP contribution < -0.4 is 11.2 Å². The largest absolute Gasteiger partial charge is 0.396 e. The van der Waals surface area contributed by atoms with Crippen molar-refractivity contribution in [1.29, 1.82) is 0 Å². The number of aliphatic hydroxyl groups is 3. The van der Waals surface area contributed by atoms with Gasteiger partial charge in [0.15, 0.2) is 6.23 Å². The first-order valence-electron chi connectivity index (χ1n) is 10.4. The molecule has 4 atom stereocenters. The summed E-state index contributed by atoms with van der Waals surface area (Å²) in [5.41, 5.74) is 2.34. The number of aryl methyl sites for hydroxylation is 1. The van der Waals surface area contributed by atoms with Gasteiger partial charge in [0.05, 0.1) is 18.3 Å². The molecule has 3 aromatic rings. The maximum atomic E-state index is 13.1. The van der Waals surface area contributed by atoms with Gasteiger partial charge in [-0.2, -0.15) is 0 Å². The first-order valence-corrected chi connectivity index (χ1v) is 10.4. The van der Waals surface area contributed by atoms with Gasteiger partial charge in [-0.05, 0) is 36.6 Å². The third-order valence-corrected chi connectivity index (χ3v) is 5.64. The number of hydrogen-bond donors (Lipinski definition) is 3. The van der Waals surface area contributed by atoms with Gasteiger partial charge >= 0.3 is 5.69 Å². The fourth-order valence-corrected chi connectivity index (χ4v) is 3.85. The van der Waals surface area contributed by atoms with Crippen LogP contribution in [0.2, 0.25) is 0 Å². The Morgan fingerprint density at radius 2 is 1.78 bits per heavy atom. The zero-order valence-corrected chi connectivity index (χ0v) is 17.5. The van der Waals surface area contributed by atoms with Crippen LogP contribution >= 0.6 is 0 Å². The van der Waals surface area contributed by atoms with E-state index in [4.69, 9.17) is 9.84 Å². The highest BCUT2D eigenvalue weighted by molar-refractivity contribution is 5.63. The number of aromatic nitrogens is 3. The maximum absolute atomic E-state index is 13.1. The van der Waals surface area contributed by atoms with Gasteiger partial charge in [-0.3, -0.25) is 18.9 Å². The molecule has 0 aliphatic carbocycles. The Labute approximate surface area is 183 Å². The van der Waals surface area contributed by atoms with Crippen LogP contribution in [0, 0.1) is 6.92 Å². The van der Waals surface area contributed by atoms with E-state index in [1.54, 1.807) is 6.20 Å². The number of ether oxygens (including phenoxy) is 1. The summed E-state index contributed by atoms with van der Waals surface area (Å²) in [6.07, 6.45) is -1.66. The zero-order chi connectivity index (χ0) is 22.8. The van der Waals surface area contributed by atoms with E-state index in [1.165, 1.54) is 12.3 Å². The second-order valence-corrected chi connectivity index (χ2v) is 7.89. The number of benzene rings is 1. The van der Waals surface area contributed by atoms with Gasteiger partial charge in [-0.25, -0.2) is 4.79 Å². The van der Waals surface area contributed by atoms with E-state index >= 15 is 0 Å². The van der Waals surface area contributed by atoms with Crippen molar-refractivity contribution in [2.24, 2.45) is 0 Å². The van der Waals surface area contributed by atoms with E-state index in [0.717, 1.165) is 25.8 Å². The van der Waals surface area contributed by atoms with E-state index in [9.17, 15) is 19.8 Å². The van der Waals surface area contributed by atoms with E-state index < -0.39 is 35.8 Å². The Morgan fingerprint density at radius 3 is 2.50 bits per heavy atom. The molecule has 0 radical (unpaired) electrons. The second-order valence-electron chi connectivity index (χ2n) is 7.89. The molecular formula is C23H25N3O6. The molecular weight excluding hydrogens is 414 g/mol. The third kappa shape index (κ3) is 4.28. The van der Waals surface area contributed by atoms with Crippen LogP contribution in [0.1, 0.15) is 23.9 Å². The summed E-state index contributed by atoms with van der Waals surface area (Å²) >= 11 is 0. The number of pyridine rings is 1. The molecule has 4 unspecified atom stereocenters. The quantitative estimate of drug-likeness (QED) is 0.508. The second kappa shape index (κ2) is 9.17. The predicted molar refractivity (Wildman–Crippen MR) is 116 cm³/mol. The minimum atomic E-state index is -1.38. The minimum Gasteiger partial charge on any atom is -0.396 e. The predicted octanol–water partition coefficient (Wildman–Crippen LogP) is 0.430. The van der Waals surface area contributed by atoms with Gasteiger partial charge in [0, 0.05) is 25.1 Å². The van der Waals surface area contributed by atoms with Crippen molar-refractivity contribution >= 4 is 0 Å². The Kier molecular flexibility index (Phi) is 6.33. The minimum absolute atomic E-state index is 0.0658. The van der Waals surface area contributed by atoms with Crippen molar-refractivity contribution in [3.8, 4) is 11.1 Å². The Hall–Kier alpha value is -3.11. The van der Waals surface area contributed by atoms with Gasteiger partial charge in [0.1, 0.15) is 12.2 Å². The molecule has 1 aliphatic heterocycles. The summed E-state index contributed by atoms with van der Waals surface area (Å²) in [4.78, 5) is 29.8. The lowest BCUT2D eigenvalue weighted by Crippen LogP contribution is -2.43. The summed E-state index contributed by atoms with van der Waals surface area (Å²) in [5.74, 6) is 0. The average molecular weight is 439 g/mol. The number of rotatable bonds is 6. The molecule has 0 spiro atoms. The lowest BCUT2D eigenvalue weighted by molar-refractivity contribution is -0.0458. The first kappa shape index (κ1) is 22.1. The summed E-state index contributed by atoms with van der Waals surface area (Å²) in [5, 5.41) is 29.6. The standard InChI is InChI=1S/C23H25N3O6/c1-14-2-4-15(5-3-14)16-6-9-24-17(12-16)13-26-19(28)7-10-25(23(26)31)22-21(30)20(29)18(32-22)8-11-27/h2-7,9-10,12,18,20-22,27,29-30H,8,11,13H2,1H3. The van der Waals surface area contributed by atoms with E-state index in [0.29, 0.717) is 5.69 Å². The van der Waals surface area contributed by atoms with E-state index in [2.05, 4.69) is 4.98 Å². The smallest absolute Gasteiger partial charge is 0.333 e. The van der Waals surface area contributed by atoms with Gasteiger partial charge in [-0.1, -0.05) is 29.8 Å². The Balaban J connectivity index is 1.65. The van der Waals surface area contributed by atoms with Crippen LogP contribution in [0.25, 0.3) is 11.1 Å². The SMILES string of the molecule is Cc1ccc(-c2ccnc(Cn3c(=O)ccn(C4OC(CCO)C(O)C4O)c3=O)c2)cc1. The maximum Gasteiger partial charge on any atom is 0.333 e. The first-order chi connectivity index (χ1) is 15.4. The normalized spacial score (nSPS) is 22.9. The van der Waals surface area contributed by atoms with Crippen LogP contribution in [0.15, 0.2) is 64.4 Å². The summed E-state index contributed by atoms with van der Waals surface area (Å²) < 4.78 is 7.68. The number of hydrogen-bond acceptors (Lipinski definition) is 7. The number of nitrogens with zero attached hydrogens (tertiary/aromatic N) is 3. The Morgan fingerprint density at radius 1 is 1.03 bits per heavy atom. The molecule has 9 nitrogen and oxygen atoms in total. The van der Waals surface area contributed by atoms with Crippen molar-refractivity contribution in [3.63, 3.8) is 0 Å². The summed E-state index contributed by atoms with van der Waals surface area (Å²) in [7, 11) is 0. The van der Waals surface area contributed by atoms with E-state index in [-0.39, 0.29) is 19.6 Å². The van der Waals surface area contributed by atoms with E-state index in [1.807, 2.05) is 43.3 Å². The highest BCUT2D eigenvalue weighted by Crippen LogP contribution is 2.29. The molecule has 1 saturated heterocycles. The highest BCUT2D eigenvalue weighted by Gasteiger charge is 2.43. The van der Waals surface area contributed by atoms with Gasteiger partial charge in [0.25, 0.3) is 5.56 Å². The molecule has 3 N–H and O–H groups in total. The van der Waals surface area contributed by atoms with Crippen molar-refractivity contribution in [2.75, 3.05) is 6.61 Å². The van der Waals surface area contributed by atoms with Gasteiger partial charge in [-0.15, -0.1) is 0 Å². The van der Waals surface area contributed by atoms with Crippen LogP contribution in [0.3, 0.4) is 0 Å². The van der Waals surface area contributed by atoms with Crippen LogP contribution in [-0.2, 0) is 11.3 Å². The molecule has 1 fully saturated rings. The molecule has 0 saturated carbocycles. The molecule has 9 heteroatoms. The van der Waals surface area contributed by atoms with Crippen molar-refractivity contribution in [2.45, 2.75) is 44.4 Å². The molecule has 168 valence electrons. The van der Waals surface area contributed by atoms with Gasteiger partial charge in [0.2, 0.25) is 0 Å². The molecule has 2 aromatic heterocycles. The van der Waals surface area contributed by atoms with Crippen LogP contribution in [-0.4, -0.2) is 54.4 Å². The molecule has 0 amide bonds.